The Balaban J connectivity index is 1.51. The number of imide groups is 1. The molecule has 0 fully saturated rings. The Morgan fingerprint density at radius 3 is 2.35 bits per heavy atom. The van der Waals surface area contributed by atoms with Crippen LogP contribution < -0.4 is 10.6 Å². The zero-order valence-electron chi connectivity index (χ0n) is 14.6. The summed E-state index contributed by atoms with van der Waals surface area (Å²) in [7, 11) is 1.85. The van der Waals surface area contributed by atoms with Gasteiger partial charge in [-0.2, -0.15) is 0 Å². The number of hydrogen-bond acceptors (Lipinski definition) is 3. The van der Waals surface area contributed by atoms with Gasteiger partial charge < -0.3 is 5.32 Å². The number of rotatable bonds is 5. The lowest BCUT2D eigenvalue weighted by Gasteiger charge is -2.16. The molecule has 0 unspecified atom stereocenters. The van der Waals surface area contributed by atoms with Crippen LogP contribution in [0.25, 0.3) is 10.8 Å². The Kier molecular flexibility index (Phi) is 5.61. The molecule has 3 aromatic rings. The average molecular weight is 347 g/mol. The van der Waals surface area contributed by atoms with Crippen molar-refractivity contribution >= 4 is 28.4 Å². The molecule has 0 atom stereocenters. The number of nitrogens with zero attached hydrogens (tertiary/aromatic N) is 1. The number of anilines is 1. The summed E-state index contributed by atoms with van der Waals surface area (Å²) in [4.78, 5) is 25.8. The molecule has 0 aliphatic rings. The van der Waals surface area contributed by atoms with E-state index in [1.54, 1.807) is 12.1 Å². The third-order valence-corrected chi connectivity index (χ3v) is 3.96. The molecule has 0 saturated carbocycles. The summed E-state index contributed by atoms with van der Waals surface area (Å²) in [6.45, 7) is 0.758. The molecule has 3 amide bonds. The van der Waals surface area contributed by atoms with Crippen molar-refractivity contribution < 1.29 is 9.59 Å². The minimum atomic E-state index is -0.527. The third-order valence-electron chi connectivity index (χ3n) is 3.96. The number of likely N-dealkylation sites (N-methyl/N-ethyl adjacent to an activating group) is 1. The smallest absolute Gasteiger partial charge is 0.308 e. The van der Waals surface area contributed by atoms with Crippen LogP contribution in [-0.4, -0.2) is 30.4 Å². The molecule has 26 heavy (non-hydrogen) atoms. The van der Waals surface area contributed by atoms with E-state index in [0.29, 0.717) is 12.2 Å². The normalized spacial score (nSPS) is 10.7. The third kappa shape index (κ3) is 4.91. The van der Waals surface area contributed by atoms with Gasteiger partial charge in [0.2, 0.25) is 5.91 Å². The van der Waals surface area contributed by atoms with Gasteiger partial charge in [0.05, 0.1) is 6.54 Å². The van der Waals surface area contributed by atoms with E-state index in [0.717, 1.165) is 5.56 Å². The molecule has 2 N–H and O–H groups in total. The molecular formula is C21H21N3O2. The largest absolute Gasteiger partial charge is 0.325 e. The van der Waals surface area contributed by atoms with E-state index in [4.69, 9.17) is 0 Å². The topological polar surface area (TPSA) is 61.4 Å². The van der Waals surface area contributed by atoms with Gasteiger partial charge in [0, 0.05) is 12.2 Å². The van der Waals surface area contributed by atoms with Crippen LogP contribution in [0.5, 0.6) is 0 Å². The van der Waals surface area contributed by atoms with Crippen LogP contribution in [-0.2, 0) is 11.3 Å². The highest BCUT2D eigenvalue weighted by atomic mass is 16.2. The molecule has 0 aliphatic carbocycles. The van der Waals surface area contributed by atoms with Crippen molar-refractivity contribution in [1.82, 2.24) is 10.2 Å². The highest BCUT2D eigenvalue weighted by Crippen LogP contribution is 2.16. The number of para-hydroxylation sites is 1. The first-order chi connectivity index (χ1) is 12.6. The molecule has 0 heterocycles. The highest BCUT2D eigenvalue weighted by molar-refractivity contribution is 6.01. The lowest BCUT2D eigenvalue weighted by molar-refractivity contribution is -0.120. The Labute approximate surface area is 152 Å². The van der Waals surface area contributed by atoms with Crippen LogP contribution in [0.2, 0.25) is 0 Å². The summed E-state index contributed by atoms with van der Waals surface area (Å²) < 4.78 is 0. The predicted octanol–water partition coefficient (Wildman–Crippen LogP) is 3.62. The number of benzene rings is 3. The number of hydrogen-bond donors (Lipinski definition) is 2. The highest BCUT2D eigenvalue weighted by Gasteiger charge is 2.11. The predicted molar refractivity (Wildman–Crippen MR) is 104 cm³/mol. The first-order valence-corrected chi connectivity index (χ1v) is 8.42. The Morgan fingerprint density at radius 1 is 0.885 bits per heavy atom. The summed E-state index contributed by atoms with van der Waals surface area (Å²) in [5, 5.41) is 7.33. The number of fused-ring (bicyclic) bond motifs is 1. The van der Waals surface area contributed by atoms with E-state index in [1.807, 2.05) is 42.3 Å². The van der Waals surface area contributed by atoms with Gasteiger partial charge in [-0.15, -0.1) is 0 Å². The van der Waals surface area contributed by atoms with Gasteiger partial charge in [0.25, 0.3) is 0 Å². The van der Waals surface area contributed by atoms with Crippen molar-refractivity contribution in [3.8, 4) is 0 Å². The van der Waals surface area contributed by atoms with Gasteiger partial charge in [-0.1, -0.05) is 54.6 Å². The number of nitrogens with one attached hydrogen (secondary N) is 2. The lowest BCUT2D eigenvalue weighted by atomic mass is 10.1. The molecule has 132 valence electrons. The van der Waals surface area contributed by atoms with Crippen molar-refractivity contribution in [2.75, 3.05) is 18.9 Å². The van der Waals surface area contributed by atoms with Crippen molar-refractivity contribution in [1.29, 1.82) is 0 Å². The van der Waals surface area contributed by atoms with E-state index in [1.165, 1.54) is 10.8 Å². The second kappa shape index (κ2) is 8.27. The molecule has 3 rings (SSSR count). The van der Waals surface area contributed by atoms with Gasteiger partial charge >= 0.3 is 6.03 Å². The Morgan fingerprint density at radius 2 is 1.58 bits per heavy atom. The van der Waals surface area contributed by atoms with Crippen LogP contribution in [0.4, 0.5) is 10.5 Å². The summed E-state index contributed by atoms with van der Waals surface area (Å²) >= 11 is 0. The van der Waals surface area contributed by atoms with E-state index < -0.39 is 6.03 Å². The van der Waals surface area contributed by atoms with Crippen LogP contribution in [0.15, 0.2) is 72.8 Å². The SMILES string of the molecule is CN(CC(=O)NC(=O)Nc1ccccc1)Cc1ccc2ccccc2c1. The molecule has 0 aromatic heterocycles. The summed E-state index contributed by atoms with van der Waals surface area (Å²) in [5.74, 6) is -0.346. The first-order valence-electron chi connectivity index (χ1n) is 8.42. The molecular weight excluding hydrogens is 326 g/mol. The Hall–Kier alpha value is -3.18. The molecule has 3 aromatic carbocycles. The fraction of sp³-hybridized carbons (Fsp3) is 0.143. The van der Waals surface area contributed by atoms with E-state index in [-0.39, 0.29) is 12.5 Å². The maximum Gasteiger partial charge on any atom is 0.325 e. The fourth-order valence-corrected chi connectivity index (χ4v) is 2.80. The molecule has 0 saturated heterocycles. The van der Waals surface area contributed by atoms with Crippen LogP contribution in [0.3, 0.4) is 0 Å². The monoisotopic (exact) mass is 347 g/mol. The van der Waals surface area contributed by atoms with Crippen molar-refractivity contribution in [2.24, 2.45) is 0 Å². The zero-order chi connectivity index (χ0) is 18.4. The fourth-order valence-electron chi connectivity index (χ4n) is 2.80. The molecule has 0 radical (unpaired) electrons. The van der Waals surface area contributed by atoms with Gasteiger partial charge in [-0.05, 0) is 41.6 Å². The molecule has 0 aliphatic heterocycles. The van der Waals surface area contributed by atoms with Crippen molar-refractivity contribution in [2.45, 2.75) is 6.54 Å². The Bertz CT molecular complexity index is 909. The van der Waals surface area contributed by atoms with Crippen LogP contribution in [0, 0.1) is 0 Å². The van der Waals surface area contributed by atoms with Crippen molar-refractivity contribution in [3.63, 3.8) is 0 Å². The van der Waals surface area contributed by atoms with E-state index >= 15 is 0 Å². The lowest BCUT2D eigenvalue weighted by Crippen LogP contribution is -2.40. The maximum absolute atomic E-state index is 12.0. The number of carbonyl (C=O) groups is 2. The van der Waals surface area contributed by atoms with Crippen LogP contribution in [0.1, 0.15) is 5.56 Å². The number of urea groups is 1. The zero-order valence-corrected chi connectivity index (χ0v) is 14.6. The molecule has 5 heteroatoms. The van der Waals surface area contributed by atoms with Crippen molar-refractivity contribution in [3.05, 3.63) is 78.4 Å². The summed E-state index contributed by atoms with van der Waals surface area (Å²) in [5.41, 5.74) is 1.76. The minimum absolute atomic E-state index is 0.134. The number of amides is 3. The first kappa shape index (κ1) is 17.6. The maximum atomic E-state index is 12.0. The van der Waals surface area contributed by atoms with Gasteiger partial charge in [-0.25, -0.2) is 4.79 Å². The molecule has 5 nitrogen and oxygen atoms in total. The second-order valence-electron chi connectivity index (χ2n) is 6.22. The minimum Gasteiger partial charge on any atom is -0.308 e. The molecule has 0 spiro atoms. The standard InChI is InChI=1S/C21H21N3O2/c1-24(14-16-11-12-17-7-5-6-8-18(17)13-16)15-20(25)23-21(26)22-19-9-3-2-4-10-19/h2-13H,14-15H2,1H3,(H2,22,23,25,26). The average Bonchev–Trinajstić information content (AvgIpc) is 2.62. The second-order valence-corrected chi connectivity index (χ2v) is 6.22. The summed E-state index contributed by atoms with van der Waals surface area (Å²) in [6.07, 6.45) is 0. The van der Waals surface area contributed by atoms with E-state index in [9.17, 15) is 9.59 Å². The molecule has 0 bridgehead atoms. The quantitative estimate of drug-likeness (QED) is 0.741. The summed E-state index contributed by atoms with van der Waals surface area (Å²) in [6, 6.07) is 22.9. The van der Waals surface area contributed by atoms with Gasteiger partial charge in [0.1, 0.15) is 0 Å². The van der Waals surface area contributed by atoms with E-state index in [2.05, 4.69) is 41.0 Å². The van der Waals surface area contributed by atoms with Crippen LogP contribution >= 0.6 is 0 Å². The van der Waals surface area contributed by atoms with Gasteiger partial charge in [-0.3, -0.25) is 15.0 Å². The van der Waals surface area contributed by atoms with Gasteiger partial charge in [0.15, 0.2) is 0 Å². The number of carbonyl (C=O) groups excluding carboxylic acids is 2.